The molecule has 0 bridgehead atoms. The zero-order chi connectivity index (χ0) is 19.3. The minimum absolute atomic E-state index is 0.0262. The van der Waals surface area contributed by atoms with Gasteiger partial charge in [0, 0.05) is 5.69 Å². The van der Waals surface area contributed by atoms with Gasteiger partial charge in [-0.3, -0.25) is 14.4 Å². The molecule has 3 N–H and O–H groups in total. The number of benzene rings is 2. The van der Waals surface area contributed by atoms with Gasteiger partial charge in [0.2, 0.25) is 11.8 Å². The third-order valence-corrected chi connectivity index (χ3v) is 4.73. The van der Waals surface area contributed by atoms with Crippen LogP contribution in [0.5, 0.6) is 0 Å². The molecule has 0 saturated heterocycles. The Kier molecular flexibility index (Phi) is 5.54. The summed E-state index contributed by atoms with van der Waals surface area (Å²) in [5, 5.41) is 13.8. The van der Waals surface area contributed by atoms with Crippen molar-refractivity contribution in [2.75, 3.05) is 11.9 Å². The summed E-state index contributed by atoms with van der Waals surface area (Å²) >= 11 is 0. The number of carbonyl (C=O) groups is 3. The fraction of sp³-hybridized carbons (Fsp3) is 0.286. The van der Waals surface area contributed by atoms with Crippen LogP contribution in [-0.4, -0.2) is 29.4 Å². The van der Waals surface area contributed by atoms with Crippen LogP contribution in [0, 0.1) is 5.41 Å². The highest BCUT2D eigenvalue weighted by molar-refractivity contribution is 5.97. The van der Waals surface area contributed by atoms with Gasteiger partial charge < -0.3 is 15.7 Å². The topological polar surface area (TPSA) is 95.5 Å². The number of rotatable bonds is 8. The van der Waals surface area contributed by atoms with Crippen LogP contribution in [0.25, 0.3) is 0 Å². The largest absolute Gasteiger partial charge is 0.480 e. The molecule has 2 aromatic carbocycles. The third-order valence-electron chi connectivity index (χ3n) is 4.73. The van der Waals surface area contributed by atoms with Gasteiger partial charge in [-0.05, 0) is 42.5 Å². The summed E-state index contributed by atoms with van der Waals surface area (Å²) < 4.78 is 0. The molecule has 1 aliphatic rings. The van der Waals surface area contributed by atoms with Crippen LogP contribution in [0.4, 0.5) is 5.69 Å². The SMILES string of the molecule is O=C(O)CNC(=O)Cc1ccc(NC(=O)C2(Cc3ccccc3)CC2)cc1. The lowest BCUT2D eigenvalue weighted by molar-refractivity contribution is -0.137. The summed E-state index contributed by atoms with van der Waals surface area (Å²) in [5.74, 6) is -1.40. The molecule has 1 saturated carbocycles. The molecule has 140 valence electrons. The predicted octanol–water partition coefficient (Wildman–Crippen LogP) is 2.39. The number of aliphatic carboxylic acids is 1. The third kappa shape index (κ3) is 5.17. The number of amides is 2. The van der Waals surface area contributed by atoms with E-state index in [4.69, 9.17) is 5.11 Å². The number of nitrogens with one attached hydrogen (secondary N) is 2. The van der Waals surface area contributed by atoms with Gasteiger partial charge in [-0.1, -0.05) is 42.5 Å². The van der Waals surface area contributed by atoms with Crippen LogP contribution < -0.4 is 10.6 Å². The Morgan fingerprint density at radius 2 is 1.59 bits per heavy atom. The van der Waals surface area contributed by atoms with E-state index in [2.05, 4.69) is 10.6 Å². The monoisotopic (exact) mass is 366 g/mol. The molecule has 2 aromatic rings. The lowest BCUT2D eigenvalue weighted by atomic mass is 9.95. The second-order valence-electron chi connectivity index (χ2n) is 6.94. The van der Waals surface area contributed by atoms with Crippen molar-refractivity contribution in [3.05, 3.63) is 65.7 Å². The first-order valence-corrected chi connectivity index (χ1v) is 8.90. The van der Waals surface area contributed by atoms with E-state index in [0.29, 0.717) is 5.69 Å². The minimum Gasteiger partial charge on any atom is -0.480 e. The van der Waals surface area contributed by atoms with E-state index in [9.17, 15) is 14.4 Å². The van der Waals surface area contributed by atoms with E-state index in [1.165, 1.54) is 0 Å². The fourth-order valence-corrected chi connectivity index (χ4v) is 3.01. The van der Waals surface area contributed by atoms with Gasteiger partial charge in [0.25, 0.3) is 0 Å². The van der Waals surface area contributed by atoms with E-state index >= 15 is 0 Å². The molecule has 1 aliphatic carbocycles. The first-order valence-electron chi connectivity index (χ1n) is 8.90. The molecule has 0 unspecified atom stereocenters. The van der Waals surface area contributed by atoms with Crippen molar-refractivity contribution in [1.82, 2.24) is 5.32 Å². The van der Waals surface area contributed by atoms with Crippen molar-refractivity contribution >= 4 is 23.5 Å². The molecular formula is C21H22N2O4. The van der Waals surface area contributed by atoms with Gasteiger partial charge in [-0.15, -0.1) is 0 Å². The quantitative estimate of drug-likeness (QED) is 0.668. The van der Waals surface area contributed by atoms with Crippen molar-refractivity contribution < 1.29 is 19.5 Å². The van der Waals surface area contributed by atoms with E-state index in [1.54, 1.807) is 24.3 Å². The smallest absolute Gasteiger partial charge is 0.322 e. The summed E-state index contributed by atoms with van der Waals surface area (Å²) in [4.78, 5) is 34.8. The van der Waals surface area contributed by atoms with Crippen molar-refractivity contribution in [1.29, 1.82) is 0 Å². The van der Waals surface area contributed by atoms with Crippen LogP contribution >= 0.6 is 0 Å². The number of hydrogen-bond donors (Lipinski definition) is 3. The van der Waals surface area contributed by atoms with Crippen LogP contribution in [0.3, 0.4) is 0 Å². The average molecular weight is 366 g/mol. The molecule has 6 heteroatoms. The van der Waals surface area contributed by atoms with Crippen molar-refractivity contribution in [2.45, 2.75) is 25.7 Å². The Morgan fingerprint density at radius 3 is 2.19 bits per heavy atom. The summed E-state index contributed by atoms with van der Waals surface area (Å²) in [5.41, 5.74) is 2.28. The Morgan fingerprint density at radius 1 is 0.926 bits per heavy atom. The number of carbonyl (C=O) groups excluding carboxylic acids is 2. The van der Waals surface area contributed by atoms with E-state index < -0.39 is 12.5 Å². The lowest BCUT2D eigenvalue weighted by Gasteiger charge is -2.15. The summed E-state index contributed by atoms with van der Waals surface area (Å²) in [6.45, 7) is -0.392. The van der Waals surface area contributed by atoms with Crippen LogP contribution in [0.1, 0.15) is 24.0 Å². The van der Waals surface area contributed by atoms with Gasteiger partial charge in [-0.2, -0.15) is 0 Å². The maximum absolute atomic E-state index is 12.7. The van der Waals surface area contributed by atoms with Gasteiger partial charge in [0.05, 0.1) is 11.8 Å². The standard InChI is InChI=1S/C21H22N2O4/c24-18(22-14-19(25)26)12-15-6-8-17(9-7-15)23-20(27)21(10-11-21)13-16-4-2-1-3-5-16/h1-9H,10-14H2,(H,22,24)(H,23,27)(H,25,26). The van der Waals surface area contributed by atoms with Crippen molar-refractivity contribution in [3.8, 4) is 0 Å². The Hall–Kier alpha value is -3.15. The maximum atomic E-state index is 12.7. The Labute approximate surface area is 157 Å². The molecule has 27 heavy (non-hydrogen) atoms. The normalized spacial score (nSPS) is 14.2. The second-order valence-corrected chi connectivity index (χ2v) is 6.94. The van der Waals surface area contributed by atoms with Crippen LogP contribution in [0.2, 0.25) is 0 Å². The molecule has 0 spiro atoms. The molecule has 0 aliphatic heterocycles. The summed E-state index contributed by atoms with van der Waals surface area (Å²) in [6.07, 6.45) is 2.60. The molecule has 6 nitrogen and oxygen atoms in total. The number of anilines is 1. The average Bonchev–Trinajstić information content (AvgIpc) is 3.43. The van der Waals surface area contributed by atoms with E-state index in [-0.39, 0.29) is 23.7 Å². The van der Waals surface area contributed by atoms with E-state index in [0.717, 1.165) is 30.4 Å². The second kappa shape index (κ2) is 8.03. The molecule has 0 atom stereocenters. The molecule has 0 heterocycles. The molecular weight excluding hydrogens is 344 g/mol. The maximum Gasteiger partial charge on any atom is 0.322 e. The first kappa shape index (κ1) is 18.6. The zero-order valence-corrected chi connectivity index (χ0v) is 14.9. The Balaban J connectivity index is 1.54. The van der Waals surface area contributed by atoms with Crippen LogP contribution in [-0.2, 0) is 27.2 Å². The molecule has 0 aromatic heterocycles. The number of carboxylic acids is 1. The van der Waals surface area contributed by atoms with Gasteiger partial charge in [0.15, 0.2) is 0 Å². The number of hydrogen-bond acceptors (Lipinski definition) is 3. The number of carboxylic acid groups (broad SMARTS) is 1. The zero-order valence-electron chi connectivity index (χ0n) is 14.9. The fourth-order valence-electron chi connectivity index (χ4n) is 3.01. The van der Waals surface area contributed by atoms with Crippen molar-refractivity contribution in [2.24, 2.45) is 5.41 Å². The first-order chi connectivity index (χ1) is 13.0. The van der Waals surface area contributed by atoms with Gasteiger partial charge in [-0.25, -0.2) is 0 Å². The summed E-state index contributed by atoms with van der Waals surface area (Å²) in [7, 11) is 0. The van der Waals surface area contributed by atoms with Gasteiger partial charge >= 0.3 is 5.97 Å². The highest BCUT2D eigenvalue weighted by atomic mass is 16.4. The summed E-state index contributed by atoms with van der Waals surface area (Å²) in [6, 6.07) is 17.0. The molecule has 0 radical (unpaired) electrons. The van der Waals surface area contributed by atoms with Crippen molar-refractivity contribution in [3.63, 3.8) is 0 Å². The van der Waals surface area contributed by atoms with Gasteiger partial charge in [0.1, 0.15) is 6.54 Å². The minimum atomic E-state index is -1.08. The molecule has 2 amide bonds. The Bertz CT molecular complexity index is 827. The highest BCUT2D eigenvalue weighted by Gasteiger charge is 2.49. The lowest BCUT2D eigenvalue weighted by Crippen LogP contribution is -2.30. The molecule has 3 rings (SSSR count). The van der Waals surface area contributed by atoms with E-state index in [1.807, 2.05) is 30.3 Å². The predicted molar refractivity (Wildman–Crippen MR) is 101 cm³/mol. The highest BCUT2D eigenvalue weighted by Crippen LogP contribution is 2.49. The molecule has 1 fully saturated rings. The van der Waals surface area contributed by atoms with Crippen LogP contribution in [0.15, 0.2) is 54.6 Å².